The standard InChI is InChI=1S/C13H20N4O3S/c1-4-16-6-9(5-14-16)15-13(20)17-10(12(18)19)7-21-11(17)8(2)3/h5-6,8,10-11H,4,7H2,1-3H3,(H,15,20)(H,18,19). The highest BCUT2D eigenvalue weighted by Gasteiger charge is 2.43. The lowest BCUT2D eigenvalue weighted by molar-refractivity contribution is -0.141. The Bertz CT molecular complexity index is 531. The number of aliphatic carboxylic acids is 1. The number of nitrogens with zero attached hydrogens (tertiary/aromatic N) is 3. The van der Waals surface area contributed by atoms with Gasteiger partial charge >= 0.3 is 12.0 Å². The zero-order chi connectivity index (χ0) is 15.6. The number of thioether (sulfide) groups is 1. The van der Waals surface area contributed by atoms with Crippen molar-refractivity contribution < 1.29 is 14.7 Å². The number of carboxylic acids is 1. The van der Waals surface area contributed by atoms with Crippen LogP contribution in [0.15, 0.2) is 12.4 Å². The van der Waals surface area contributed by atoms with E-state index in [0.29, 0.717) is 18.0 Å². The molecule has 1 saturated heterocycles. The first kappa shape index (κ1) is 15.7. The minimum absolute atomic E-state index is 0.132. The van der Waals surface area contributed by atoms with Gasteiger partial charge in [-0.25, -0.2) is 9.59 Å². The summed E-state index contributed by atoms with van der Waals surface area (Å²) in [7, 11) is 0. The molecule has 2 atom stereocenters. The summed E-state index contributed by atoms with van der Waals surface area (Å²) >= 11 is 1.51. The van der Waals surface area contributed by atoms with Crippen LogP contribution in [0.3, 0.4) is 0 Å². The molecule has 1 fully saturated rings. The lowest BCUT2D eigenvalue weighted by Crippen LogP contribution is -2.49. The molecule has 0 saturated carbocycles. The first-order chi connectivity index (χ1) is 9.93. The van der Waals surface area contributed by atoms with Crippen molar-refractivity contribution in [2.75, 3.05) is 11.1 Å². The summed E-state index contributed by atoms with van der Waals surface area (Å²) in [6, 6.07) is -1.18. The number of nitrogens with one attached hydrogen (secondary N) is 1. The third-order valence-corrected chi connectivity index (χ3v) is 4.95. The van der Waals surface area contributed by atoms with Crippen molar-refractivity contribution in [2.45, 2.75) is 38.7 Å². The Morgan fingerprint density at radius 3 is 2.81 bits per heavy atom. The summed E-state index contributed by atoms with van der Waals surface area (Å²) in [4.78, 5) is 25.2. The van der Waals surface area contributed by atoms with Gasteiger partial charge in [-0.05, 0) is 12.8 Å². The second-order valence-electron chi connectivity index (χ2n) is 5.24. The van der Waals surface area contributed by atoms with E-state index in [1.54, 1.807) is 17.1 Å². The number of rotatable bonds is 4. The van der Waals surface area contributed by atoms with Gasteiger partial charge in [0.1, 0.15) is 6.04 Å². The van der Waals surface area contributed by atoms with Gasteiger partial charge in [0.25, 0.3) is 0 Å². The average Bonchev–Trinajstić information content (AvgIpc) is 3.04. The Labute approximate surface area is 127 Å². The minimum atomic E-state index is -0.968. The number of aromatic nitrogens is 2. The molecule has 0 aromatic carbocycles. The van der Waals surface area contributed by atoms with Crippen LogP contribution in [0.25, 0.3) is 0 Å². The monoisotopic (exact) mass is 312 g/mol. The molecule has 2 unspecified atom stereocenters. The van der Waals surface area contributed by atoms with E-state index in [1.807, 2.05) is 20.8 Å². The molecule has 21 heavy (non-hydrogen) atoms. The smallest absolute Gasteiger partial charge is 0.327 e. The fourth-order valence-electron chi connectivity index (χ4n) is 2.28. The first-order valence-electron chi connectivity index (χ1n) is 6.90. The topological polar surface area (TPSA) is 87.5 Å². The van der Waals surface area contributed by atoms with Gasteiger partial charge in [-0.3, -0.25) is 9.58 Å². The van der Waals surface area contributed by atoms with Crippen LogP contribution in [0, 0.1) is 5.92 Å². The summed E-state index contributed by atoms with van der Waals surface area (Å²) in [5.41, 5.74) is 0.574. The molecule has 8 heteroatoms. The second-order valence-corrected chi connectivity index (χ2v) is 6.39. The maximum Gasteiger partial charge on any atom is 0.327 e. The van der Waals surface area contributed by atoms with Gasteiger partial charge in [-0.1, -0.05) is 13.8 Å². The molecule has 1 aromatic heterocycles. The summed E-state index contributed by atoms with van der Waals surface area (Å²) in [6.45, 7) is 6.63. The van der Waals surface area contributed by atoms with E-state index >= 15 is 0 Å². The number of urea groups is 1. The quantitative estimate of drug-likeness (QED) is 0.887. The lowest BCUT2D eigenvalue weighted by atomic mass is 10.2. The number of carboxylic acid groups (broad SMARTS) is 1. The van der Waals surface area contributed by atoms with E-state index in [9.17, 15) is 14.7 Å². The Hall–Kier alpha value is -1.70. The zero-order valence-corrected chi connectivity index (χ0v) is 13.1. The van der Waals surface area contributed by atoms with Gasteiger partial charge in [0.15, 0.2) is 0 Å². The third-order valence-electron chi connectivity index (χ3n) is 3.33. The molecule has 7 nitrogen and oxygen atoms in total. The Morgan fingerprint density at radius 1 is 1.57 bits per heavy atom. The molecule has 1 aromatic rings. The van der Waals surface area contributed by atoms with Crippen LogP contribution in [-0.2, 0) is 11.3 Å². The average molecular weight is 312 g/mol. The third kappa shape index (κ3) is 3.31. The maximum absolute atomic E-state index is 12.4. The van der Waals surface area contributed by atoms with Gasteiger partial charge in [-0.2, -0.15) is 5.10 Å². The second kappa shape index (κ2) is 6.38. The fourth-order valence-corrected chi connectivity index (χ4v) is 3.75. The summed E-state index contributed by atoms with van der Waals surface area (Å²) in [5, 5.41) is 16.0. The van der Waals surface area contributed by atoms with Crippen molar-refractivity contribution >= 4 is 29.4 Å². The Morgan fingerprint density at radius 2 is 2.29 bits per heavy atom. The normalized spacial score (nSPS) is 21.8. The van der Waals surface area contributed by atoms with Gasteiger partial charge in [0, 0.05) is 18.5 Å². The Balaban J connectivity index is 2.14. The molecule has 2 N–H and O–H groups in total. The van der Waals surface area contributed by atoms with Crippen molar-refractivity contribution in [3.05, 3.63) is 12.4 Å². The van der Waals surface area contributed by atoms with Crippen LogP contribution in [0.1, 0.15) is 20.8 Å². The maximum atomic E-state index is 12.4. The highest BCUT2D eigenvalue weighted by atomic mass is 32.2. The molecule has 0 aliphatic carbocycles. The number of amides is 2. The highest BCUT2D eigenvalue weighted by Crippen LogP contribution is 2.34. The SMILES string of the molecule is CCn1cc(NC(=O)N2C(C(=O)O)CSC2C(C)C)cn1. The van der Waals surface area contributed by atoms with Gasteiger partial charge in [0.05, 0.1) is 17.3 Å². The molecule has 0 radical (unpaired) electrons. The van der Waals surface area contributed by atoms with Crippen LogP contribution >= 0.6 is 11.8 Å². The van der Waals surface area contributed by atoms with E-state index in [-0.39, 0.29) is 17.3 Å². The fraction of sp³-hybridized carbons (Fsp3) is 0.615. The number of aryl methyl sites for hydroxylation is 1. The van der Waals surface area contributed by atoms with Crippen molar-refractivity contribution in [1.82, 2.24) is 14.7 Å². The van der Waals surface area contributed by atoms with Crippen molar-refractivity contribution in [1.29, 1.82) is 0 Å². The van der Waals surface area contributed by atoms with E-state index < -0.39 is 12.0 Å². The van der Waals surface area contributed by atoms with Crippen LogP contribution in [0.4, 0.5) is 10.5 Å². The largest absolute Gasteiger partial charge is 0.480 e. The molecule has 2 rings (SSSR count). The van der Waals surface area contributed by atoms with Gasteiger partial charge in [-0.15, -0.1) is 11.8 Å². The summed E-state index contributed by atoms with van der Waals surface area (Å²) < 4.78 is 1.70. The number of carbonyl (C=O) groups excluding carboxylic acids is 1. The van der Waals surface area contributed by atoms with Gasteiger partial charge < -0.3 is 10.4 Å². The van der Waals surface area contributed by atoms with Crippen molar-refractivity contribution in [3.63, 3.8) is 0 Å². The molecule has 1 aliphatic rings. The number of hydrogen-bond acceptors (Lipinski definition) is 4. The lowest BCUT2D eigenvalue weighted by Gasteiger charge is -2.29. The predicted molar refractivity (Wildman–Crippen MR) is 81.3 cm³/mol. The number of anilines is 1. The first-order valence-corrected chi connectivity index (χ1v) is 7.95. The molecular weight excluding hydrogens is 292 g/mol. The molecular formula is C13H20N4O3S. The number of hydrogen-bond donors (Lipinski definition) is 2. The predicted octanol–water partition coefficient (Wildman–Crippen LogP) is 1.92. The molecule has 116 valence electrons. The summed E-state index contributed by atoms with van der Waals surface area (Å²) in [6.07, 6.45) is 3.28. The molecule has 1 aliphatic heterocycles. The molecule has 2 heterocycles. The zero-order valence-electron chi connectivity index (χ0n) is 12.3. The van der Waals surface area contributed by atoms with E-state index in [2.05, 4.69) is 10.4 Å². The number of carbonyl (C=O) groups is 2. The van der Waals surface area contributed by atoms with Crippen LogP contribution in [0.5, 0.6) is 0 Å². The van der Waals surface area contributed by atoms with E-state index in [4.69, 9.17) is 0 Å². The van der Waals surface area contributed by atoms with Crippen LogP contribution in [-0.4, -0.2) is 49.0 Å². The van der Waals surface area contributed by atoms with Crippen LogP contribution < -0.4 is 5.32 Å². The summed E-state index contributed by atoms with van der Waals surface area (Å²) in [5.74, 6) is -0.367. The van der Waals surface area contributed by atoms with Crippen molar-refractivity contribution in [3.8, 4) is 0 Å². The minimum Gasteiger partial charge on any atom is -0.480 e. The van der Waals surface area contributed by atoms with Gasteiger partial charge in [0.2, 0.25) is 0 Å². The van der Waals surface area contributed by atoms with Crippen molar-refractivity contribution in [2.24, 2.45) is 5.92 Å². The molecule has 2 amide bonds. The van der Waals surface area contributed by atoms with E-state index in [1.165, 1.54) is 16.7 Å². The highest BCUT2D eigenvalue weighted by molar-refractivity contribution is 8.00. The van der Waals surface area contributed by atoms with Crippen LogP contribution in [0.2, 0.25) is 0 Å². The molecule has 0 spiro atoms. The molecule has 0 bridgehead atoms. The Kier molecular flexibility index (Phi) is 4.76. The van der Waals surface area contributed by atoms with E-state index in [0.717, 1.165) is 0 Å².